The molecule has 3 N–H and O–H groups in total. The van der Waals surface area contributed by atoms with E-state index in [-0.39, 0.29) is 77.5 Å². The first-order chi connectivity index (χ1) is 52.0. The van der Waals surface area contributed by atoms with Crippen LogP contribution in [0.25, 0.3) is 0 Å². The molecule has 26 nitrogen and oxygen atoms in total. The summed E-state index contributed by atoms with van der Waals surface area (Å²) in [6, 6.07) is -12.7. The molecule has 12 amide bonds. The Morgan fingerprint density at radius 3 is 1.86 bits per heavy atom. The molecule has 3 aliphatic heterocycles. The standard InChI is InChI=1S/C75H114F10N12O14/c1-13-30-89(5)66(104)54-36-58(99)93(9)56(40-110-12)63(101)87-61(43(4)14-2)69(107)91(7)39-59(100)92(8)52-23-17-16-20-31-96(68(52)106)55(34-44-24-27-47(28-25-44)74(80,81)82)67(105)90(6)38-57(98)86-51(29-26-45-32-49(76)60(50(77)33-45)75(83,84)85)65(103)97-37-48(111-15-3)35-53(97)64(102)88-72(41-73(78,79)42-72)71(109)95(11)62(70(108)94(54)10)46-21-18-19-22-46/h16-17,43-56,60-62H,13-15,18-42H2,1-12H3,(H,86,98)(H,87,101)(H,88,102)/b17-16-/t43-,44?,45?,47?,48+,49?,50?,51-,52-,53-,54-,55-,56-,60?,61-,62-/m0/s1. The summed E-state index contributed by atoms with van der Waals surface area (Å²) in [5.41, 5.74) is -2.52. The number of amides is 12. The number of methoxy groups -OCH3 is 1. The summed E-state index contributed by atoms with van der Waals surface area (Å²) in [4.78, 5) is 190. The molecule has 6 fully saturated rings. The second kappa shape index (κ2) is 38.6. The van der Waals surface area contributed by atoms with Crippen LogP contribution in [0.3, 0.4) is 0 Å². The first kappa shape index (κ1) is 90.8. The number of rotatable bonds is 15. The quantitative estimate of drug-likeness (QED) is 0.126. The van der Waals surface area contributed by atoms with E-state index in [1.165, 1.54) is 59.2 Å². The lowest BCUT2D eigenvalue weighted by molar-refractivity contribution is -0.219. The molecule has 12 atom stereocenters. The summed E-state index contributed by atoms with van der Waals surface area (Å²) < 4.78 is 158. The average Bonchev–Trinajstić information content (AvgIpc) is 1.48. The number of carbonyl (C=O) groups excluding carboxylic acids is 12. The van der Waals surface area contributed by atoms with Gasteiger partial charge in [-0.2, -0.15) is 26.3 Å². The molecule has 0 aromatic carbocycles. The summed E-state index contributed by atoms with van der Waals surface area (Å²) in [7, 11) is 10.0. The first-order valence-electron chi connectivity index (χ1n) is 38.8. The average molecular weight is 1600 g/mol. The van der Waals surface area contributed by atoms with Crippen LogP contribution < -0.4 is 16.0 Å². The van der Waals surface area contributed by atoms with Crippen LogP contribution in [-0.2, 0) is 67.0 Å². The Morgan fingerprint density at radius 2 is 1.29 bits per heavy atom. The van der Waals surface area contributed by atoms with Crippen molar-refractivity contribution in [3.63, 3.8) is 0 Å². The molecule has 7 rings (SSSR count). The number of halogens is 10. The highest BCUT2D eigenvalue weighted by Crippen LogP contribution is 2.49. The predicted octanol–water partition coefficient (Wildman–Crippen LogP) is 5.98. The molecule has 2 saturated heterocycles. The van der Waals surface area contributed by atoms with Gasteiger partial charge in [0.1, 0.15) is 72.1 Å². The lowest BCUT2D eigenvalue weighted by Crippen LogP contribution is -2.72. The van der Waals surface area contributed by atoms with Crippen LogP contribution in [0.1, 0.15) is 163 Å². The Morgan fingerprint density at radius 1 is 0.667 bits per heavy atom. The number of nitrogens with one attached hydrogen (secondary N) is 3. The van der Waals surface area contributed by atoms with E-state index in [1.807, 2.05) is 0 Å². The van der Waals surface area contributed by atoms with E-state index in [9.17, 15) is 55.1 Å². The minimum absolute atomic E-state index is 0.0250. The van der Waals surface area contributed by atoms with Gasteiger partial charge in [-0.1, -0.05) is 52.2 Å². The number of hydrogen-bond acceptors (Lipinski definition) is 14. The fourth-order valence-electron chi connectivity index (χ4n) is 17.2. The Balaban J connectivity index is 1.35. The van der Waals surface area contributed by atoms with E-state index in [0.717, 1.165) is 41.3 Å². The number of alkyl halides is 10. The number of nitrogens with zero attached hydrogens (tertiary/aromatic N) is 9. The SMILES string of the molecule is CCCN(C)C(=O)[C@@H]1CC(=O)N(C)[C@@H](COC)C(=O)N[C@@H]([C@@H](C)CC)C(=O)N(C)CC(=O)N(C)[C@H]2C/C=C\CCN(C2=O)[C@@H](CC2CCC(C(F)(F)F)CC2)C(=O)N(C)CC(=O)N[C@@H](CCC2CC(F)C(C(F)(F)F)C(F)C2)C(=O)N2C[C@H](OCC)C[C@H]2C(=O)NC2(CC(F)(F)C2)C(=O)N(C)[C@@H](C2CCCC2)C(=O)N1C. The lowest BCUT2D eigenvalue weighted by Gasteiger charge is -2.50. The van der Waals surface area contributed by atoms with Gasteiger partial charge in [-0.15, -0.1) is 0 Å². The molecule has 3 heterocycles. The minimum atomic E-state index is -5.27. The number of carbonyl (C=O) groups is 12. The van der Waals surface area contributed by atoms with Gasteiger partial charge < -0.3 is 69.5 Å². The van der Waals surface area contributed by atoms with Gasteiger partial charge in [0.15, 0.2) is 0 Å². The van der Waals surface area contributed by atoms with Crippen LogP contribution in [0.5, 0.6) is 0 Å². The maximum atomic E-state index is 15.8. The zero-order valence-electron chi connectivity index (χ0n) is 65.8. The summed E-state index contributed by atoms with van der Waals surface area (Å²) in [5.74, 6) is -22.9. The van der Waals surface area contributed by atoms with Gasteiger partial charge in [0.2, 0.25) is 70.9 Å². The molecule has 4 saturated carbocycles. The van der Waals surface area contributed by atoms with Gasteiger partial charge in [-0.3, -0.25) is 57.5 Å². The molecule has 0 radical (unpaired) electrons. The third-order valence-electron chi connectivity index (χ3n) is 23.9. The topological polar surface area (TPSA) is 289 Å². The fourth-order valence-corrected chi connectivity index (χ4v) is 17.2. The van der Waals surface area contributed by atoms with E-state index < -0.39 is 268 Å². The third-order valence-corrected chi connectivity index (χ3v) is 23.9. The van der Waals surface area contributed by atoms with Gasteiger partial charge in [0.05, 0.1) is 38.1 Å². The minimum Gasteiger partial charge on any atom is -0.382 e. The van der Waals surface area contributed by atoms with Crippen LogP contribution in [0, 0.1) is 35.5 Å². The summed E-state index contributed by atoms with van der Waals surface area (Å²) in [6.45, 7) is 3.99. The van der Waals surface area contributed by atoms with Crippen molar-refractivity contribution in [2.24, 2.45) is 35.5 Å². The van der Waals surface area contributed by atoms with Crippen molar-refractivity contribution in [1.82, 2.24) is 60.0 Å². The molecule has 36 heteroatoms. The maximum absolute atomic E-state index is 15.8. The molecule has 1 spiro atoms. The van der Waals surface area contributed by atoms with Gasteiger partial charge in [0, 0.05) is 102 Å². The maximum Gasteiger partial charge on any atom is 0.397 e. The monoisotopic (exact) mass is 1600 g/mol. The number of fused-ring (bicyclic) bond motifs is 3. The van der Waals surface area contributed by atoms with Crippen LogP contribution in [-0.4, -0.2) is 308 Å². The summed E-state index contributed by atoms with van der Waals surface area (Å²) in [6.07, 6.45) is -18.1. The van der Waals surface area contributed by atoms with E-state index in [1.54, 1.807) is 39.8 Å². The highest BCUT2D eigenvalue weighted by Gasteiger charge is 2.65. The fraction of sp³-hybridized carbons (Fsp3) is 0.813. The largest absolute Gasteiger partial charge is 0.397 e. The van der Waals surface area contributed by atoms with Gasteiger partial charge in [-0.25, -0.2) is 17.6 Å². The van der Waals surface area contributed by atoms with Crippen LogP contribution >= 0.6 is 0 Å². The number of likely N-dealkylation sites (N-methyl/N-ethyl adjacent to an activating group) is 7. The molecule has 2 unspecified atom stereocenters. The zero-order valence-corrected chi connectivity index (χ0v) is 65.8. The van der Waals surface area contributed by atoms with Crippen molar-refractivity contribution in [2.45, 2.75) is 253 Å². The second-order valence-electron chi connectivity index (χ2n) is 31.9. The van der Waals surface area contributed by atoms with Crippen molar-refractivity contribution in [3.8, 4) is 0 Å². The van der Waals surface area contributed by atoms with Gasteiger partial charge in [0.25, 0.3) is 5.92 Å². The van der Waals surface area contributed by atoms with Crippen LogP contribution in [0.4, 0.5) is 43.9 Å². The Labute approximate surface area is 642 Å². The van der Waals surface area contributed by atoms with E-state index >= 15 is 46.3 Å². The normalized spacial score (nSPS) is 31.9. The van der Waals surface area contributed by atoms with Crippen molar-refractivity contribution in [2.75, 3.05) is 102 Å². The van der Waals surface area contributed by atoms with E-state index in [4.69, 9.17) is 9.47 Å². The Kier molecular flexibility index (Phi) is 31.6. The van der Waals surface area contributed by atoms with Crippen molar-refractivity contribution < 1.29 is 111 Å². The number of hydrogen-bond donors (Lipinski definition) is 3. The highest BCUT2D eigenvalue weighted by molar-refractivity contribution is 6.01. The van der Waals surface area contributed by atoms with E-state index in [2.05, 4.69) is 16.0 Å². The summed E-state index contributed by atoms with van der Waals surface area (Å²) >= 11 is 0. The Hall–Kier alpha value is -7.40. The number of ether oxygens (including phenoxy) is 2. The molecule has 7 aliphatic rings. The predicted molar refractivity (Wildman–Crippen MR) is 383 cm³/mol. The molecule has 0 aromatic rings. The van der Waals surface area contributed by atoms with Gasteiger partial charge in [-0.05, 0) is 120 Å². The molecule has 4 aliphatic carbocycles. The molecular formula is C75H114F10N12O14. The molecular weight excluding hydrogens is 1480 g/mol. The van der Waals surface area contributed by atoms with E-state index in [0.29, 0.717) is 32.1 Å². The highest BCUT2D eigenvalue weighted by atomic mass is 19.4. The third kappa shape index (κ3) is 22.1. The van der Waals surface area contributed by atoms with Crippen LogP contribution in [0.15, 0.2) is 12.2 Å². The first-order valence-corrected chi connectivity index (χ1v) is 38.8. The van der Waals surface area contributed by atoms with Gasteiger partial charge >= 0.3 is 12.4 Å². The molecule has 0 aromatic heterocycles. The smallest absolute Gasteiger partial charge is 0.382 e. The summed E-state index contributed by atoms with van der Waals surface area (Å²) in [5, 5.41) is 7.77. The Bertz CT molecular complexity index is 3320. The van der Waals surface area contributed by atoms with Crippen molar-refractivity contribution in [1.29, 1.82) is 0 Å². The molecule has 111 heavy (non-hydrogen) atoms. The lowest BCUT2D eigenvalue weighted by atomic mass is 9.71. The van der Waals surface area contributed by atoms with Crippen molar-refractivity contribution in [3.05, 3.63) is 12.2 Å². The van der Waals surface area contributed by atoms with Crippen LogP contribution in [0.2, 0.25) is 0 Å². The van der Waals surface area contributed by atoms with Crippen molar-refractivity contribution >= 4 is 70.9 Å². The zero-order chi connectivity index (χ0) is 82.7. The molecule has 2 bridgehead atoms. The second-order valence-corrected chi connectivity index (χ2v) is 31.9. The molecule has 628 valence electrons.